The standard InChI is InChI=1S/C9H8O2.C2H4O2/c1-2-11-9(10)8-6-4-3-5-7-8;1-2(3)4/h2-7H,1H2;1H3,(H,3,4). The van der Waals surface area contributed by atoms with Crippen molar-refractivity contribution >= 4 is 11.9 Å². The monoisotopic (exact) mass is 208 g/mol. The van der Waals surface area contributed by atoms with Gasteiger partial charge in [-0.25, -0.2) is 4.79 Å². The fraction of sp³-hybridized carbons (Fsp3) is 0.0909. The van der Waals surface area contributed by atoms with Crippen molar-refractivity contribution in [2.24, 2.45) is 0 Å². The van der Waals surface area contributed by atoms with Crippen molar-refractivity contribution in [1.82, 2.24) is 0 Å². The van der Waals surface area contributed by atoms with Crippen molar-refractivity contribution < 1.29 is 19.4 Å². The molecule has 0 saturated heterocycles. The van der Waals surface area contributed by atoms with Gasteiger partial charge >= 0.3 is 5.97 Å². The van der Waals surface area contributed by atoms with Gasteiger partial charge in [0, 0.05) is 6.92 Å². The number of aliphatic carboxylic acids is 1. The average Bonchev–Trinajstić information content (AvgIpc) is 2.19. The third-order valence-electron chi connectivity index (χ3n) is 1.20. The highest BCUT2D eigenvalue weighted by atomic mass is 16.5. The Bertz CT molecular complexity index is 326. The molecular formula is C11H12O4. The highest BCUT2D eigenvalue weighted by Gasteiger charge is 2.01. The summed E-state index contributed by atoms with van der Waals surface area (Å²) in [6.45, 7) is 4.37. The first kappa shape index (κ1) is 12.9. The maximum atomic E-state index is 11.0. The number of hydrogen-bond donors (Lipinski definition) is 1. The summed E-state index contributed by atoms with van der Waals surface area (Å²) in [4.78, 5) is 20.0. The highest BCUT2D eigenvalue weighted by Crippen LogP contribution is 2.00. The van der Waals surface area contributed by atoms with Gasteiger partial charge in [-0.1, -0.05) is 24.8 Å². The van der Waals surface area contributed by atoms with E-state index in [0.29, 0.717) is 5.56 Å². The molecule has 1 N–H and O–H groups in total. The van der Waals surface area contributed by atoms with Gasteiger partial charge in [0.05, 0.1) is 11.8 Å². The molecule has 0 unspecified atom stereocenters. The second-order valence-electron chi connectivity index (χ2n) is 2.46. The van der Waals surface area contributed by atoms with Crippen LogP contribution in [0.3, 0.4) is 0 Å². The molecule has 0 atom stereocenters. The lowest BCUT2D eigenvalue weighted by Gasteiger charge is -1.96. The van der Waals surface area contributed by atoms with Crippen LogP contribution in [0.4, 0.5) is 0 Å². The summed E-state index contributed by atoms with van der Waals surface area (Å²) in [6.07, 6.45) is 1.12. The molecule has 0 saturated carbocycles. The Labute approximate surface area is 87.8 Å². The van der Waals surface area contributed by atoms with Crippen LogP contribution >= 0.6 is 0 Å². The maximum Gasteiger partial charge on any atom is 0.342 e. The fourth-order valence-corrected chi connectivity index (χ4v) is 0.718. The lowest BCUT2D eigenvalue weighted by molar-refractivity contribution is -0.134. The number of carbonyl (C=O) groups excluding carboxylic acids is 1. The Kier molecular flexibility index (Phi) is 6.29. The Morgan fingerprint density at radius 3 is 2.20 bits per heavy atom. The number of carboxylic acids is 1. The summed E-state index contributed by atoms with van der Waals surface area (Å²) in [5, 5.41) is 7.42. The van der Waals surface area contributed by atoms with Crippen molar-refractivity contribution in [3.63, 3.8) is 0 Å². The molecule has 0 fully saturated rings. The molecule has 0 aliphatic rings. The van der Waals surface area contributed by atoms with E-state index in [1.54, 1.807) is 24.3 Å². The summed E-state index contributed by atoms with van der Waals surface area (Å²) in [5.41, 5.74) is 0.535. The number of carboxylic acid groups (broad SMARTS) is 1. The van der Waals surface area contributed by atoms with Gasteiger partial charge in [0.25, 0.3) is 5.97 Å². The van der Waals surface area contributed by atoms with E-state index < -0.39 is 5.97 Å². The molecule has 0 bridgehead atoms. The van der Waals surface area contributed by atoms with Crippen molar-refractivity contribution in [3.8, 4) is 0 Å². The van der Waals surface area contributed by atoms with E-state index in [0.717, 1.165) is 13.2 Å². The molecule has 4 heteroatoms. The molecule has 1 rings (SSSR count). The number of rotatable bonds is 2. The second kappa shape index (κ2) is 7.32. The average molecular weight is 208 g/mol. The normalized spacial score (nSPS) is 8.07. The van der Waals surface area contributed by atoms with E-state index in [1.807, 2.05) is 6.07 Å². The van der Waals surface area contributed by atoms with Crippen LogP contribution < -0.4 is 0 Å². The molecule has 80 valence electrons. The van der Waals surface area contributed by atoms with Crippen LogP contribution in [0.2, 0.25) is 0 Å². The predicted octanol–water partition coefficient (Wildman–Crippen LogP) is 2.08. The topological polar surface area (TPSA) is 63.6 Å². The molecule has 4 nitrogen and oxygen atoms in total. The Morgan fingerprint density at radius 1 is 1.33 bits per heavy atom. The molecule has 0 heterocycles. The van der Waals surface area contributed by atoms with Gasteiger partial charge in [-0.2, -0.15) is 0 Å². The van der Waals surface area contributed by atoms with Gasteiger partial charge < -0.3 is 9.84 Å². The Balaban J connectivity index is 0.000000423. The zero-order chi connectivity index (χ0) is 11.7. The predicted molar refractivity (Wildman–Crippen MR) is 55.4 cm³/mol. The van der Waals surface area contributed by atoms with Gasteiger partial charge in [-0.3, -0.25) is 4.79 Å². The molecule has 15 heavy (non-hydrogen) atoms. The van der Waals surface area contributed by atoms with Crippen LogP contribution in [0.15, 0.2) is 43.2 Å². The van der Waals surface area contributed by atoms with E-state index in [4.69, 9.17) is 9.90 Å². The van der Waals surface area contributed by atoms with Gasteiger partial charge in [0.2, 0.25) is 0 Å². The number of esters is 1. The Hall–Kier alpha value is -2.10. The zero-order valence-electron chi connectivity index (χ0n) is 8.34. The number of ether oxygens (including phenoxy) is 1. The van der Waals surface area contributed by atoms with Crippen LogP contribution in [0, 0.1) is 0 Å². The number of benzene rings is 1. The van der Waals surface area contributed by atoms with E-state index in [9.17, 15) is 4.79 Å². The van der Waals surface area contributed by atoms with Crippen molar-refractivity contribution in [2.75, 3.05) is 0 Å². The summed E-state index contributed by atoms with van der Waals surface area (Å²) in [5.74, 6) is -1.21. The van der Waals surface area contributed by atoms with Crippen LogP contribution in [0.5, 0.6) is 0 Å². The van der Waals surface area contributed by atoms with Crippen molar-refractivity contribution in [3.05, 3.63) is 48.7 Å². The van der Waals surface area contributed by atoms with E-state index in [1.165, 1.54) is 0 Å². The van der Waals surface area contributed by atoms with Gasteiger partial charge in [0.1, 0.15) is 0 Å². The number of carbonyl (C=O) groups is 2. The quantitative estimate of drug-likeness (QED) is 0.597. The fourth-order valence-electron chi connectivity index (χ4n) is 0.718. The van der Waals surface area contributed by atoms with E-state index in [2.05, 4.69) is 11.3 Å². The van der Waals surface area contributed by atoms with E-state index >= 15 is 0 Å². The van der Waals surface area contributed by atoms with Crippen molar-refractivity contribution in [2.45, 2.75) is 6.92 Å². The van der Waals surface area contributed by atoms with Gasteiger partial charge in [-0.05, 0) is 12.1 Å². The molecule has 1 aromatic rings. The lowest BCUT2D eigenvalue weighted by Crippen LogP contribution is -1.98. The summed E-state index contributed by atoms with van der Waals surface area (Å²) < 4.78 is 4.55. The molecule has 0 radical (unpaired) electrons. The lowest BCUT2D eigenvalue weighted by atomic mass is 10.2. The third-order valence-corrected chi connectivity index (χ3v) is 1.20. The first-order valence-electron chi connectivity index (χ1n) is 4.14. The minimum atomic E-state index is -0.833. The minimum Gasteiger partial charge on any atom is -0.481 e. The maximum absolute atomic E-state index is 11.0. The van der Waals surface area contributed by atoms with Crippen LogP contribution in [0.1, 0.15) is 17.3 Å². The molecule has 0 aliphatic heterocycles. The van der Waals surface area contributed by atoms with Crippen LogP contribution in [-0.4, -0.2) is 17.0 Å². The summed E-state index contributed by atoms with van der Waals surface area (Å²) in [7, 11) is 0. The molecular weight excluding hydrogens is 196 g/mol. The molecule has 0 aliphatic carbocycles. The van der Waals surface area contributed by atoms with Crippen LogP contribution in [-0.2, 0) is 9.53 Å². The zero-order valence-corrected chi connectivity index (χ0v) is 8.34. The largest absolute Gasteiger partial charge is 0.481 e. The summed E-state index contributed by atoms with van der Waals surface area (Å²) in [6, 6.07) is 8.77. The highest BCUT2D eigenvalue weighted by molar-refractivity contribution is 5.89. The van der Waals surface area contributed by atoms with Crippen LogP contribution in [0.25, 0.3) is 0 Å². The molecule has 0 amide bonds. The van der Waals surface area contributed by atoms with Crippen molar-refractivity contribution in [1.29, 1.82) is 0 Å². The Morgan fingerprint density at radius 2 is 1.80 bits per heavy atom. The molecule has 1 aromatic carbocycles. The number of hydrogen-bond acceptors (Lipinski definition) is 3. The molecule has 0 spiro atoms. The summed E-state index contributed by atoms with van der Waals surface area (Å²) >= 11 is 0. The first-order chi connectivity index (χ1) is 7.07. The SMILES string of the molecule is C=COC(=O)c1ccccc1.CC(=O)O. The minimum absolute atomic E-state index is 0.374. The second-order valence-corrected chi connectivity index (χ2v) is 2.46. The third kappa shape index (κ3) is 7.01. The molecule has 0 aromatic heterocycles. The first-order valence-corrected chi connectivity index (χ1v) is 4.14. The smallest absolute Gasteiger partial charge is 0.342 e. The van der Waals surface area contributed by atoms with E-state index in [-0.39, 0.29) is 5.97 Å². The van der Waals surface area contributed by atoms with Gasteiger partial charge in [-0.15, -0.1) is 0 Å². The van der Waals surface area contributed by atoms with Gasteiger partial charge in [0.15, 0.2) is 0 Å².